The molecule has 0 rings (SSSR count). The SMILES string of the molecule is C/C=C(\C=C/N)C(C)C(C)(C)C. The van der Waals surface area contributed by atoms with E-state index in [0.29, 0.717) is 11.3 Å². The van der Waals surface area contributed by atoms with E-state index < -0.39 is 0 Å². The van der Waals surface area contributed by atoms with E-state index >= 15 is 0 Å². The topological polar surface area (TPSA) is 26.0 Å². The highest BCUT2D eigenvalue weighted by atomic mass is 14.5. The lowest BCUT2D eigenvalue weighted by Crippen LogP contribution is -2.18. The first-order valence-corrected chi connectivity index (χ1v) is 4.48. The maximum atomic E-state index is 5.36. The van der Waals surface area contributed by atoms with Gasteiger partial charge in [-0.1, -0.05) is 33.8 Å². The van der Waals surface area contributed by atoms with Crippen molar-refractivity contribution in [3.05, 3.63) is 23.9 Å². The Bertz CT molecular complexity index is 182. The van der Waals surface area contributed by atoms with Crippen LogP contribution in [0.4, 0.5) is 0 Å². The van der Waals surface area contributed by atoms with Crippen LogP contribution in [0.25, 0.3) is 0 Å². The first-order chi connectivity index (χ1) is 5.43. The molecule has 0 saturated carbocycles. The zero-order chi connectivity index (χ0) is 9.78. The molecule has 0 aliphatic heterocycles. The van der Waals surface area contributed by atoms with Gasteiger partial charge in [-0.3, -0.25) is 0 Å². The third-order valence-electron chi connectivity index (χ3n) is 2.42. The zero-order valence-electron chi connectivity index (χ0n) is 8.89. The molecule has 0 aromatic heterocycles. The van der Waals surface area contributed by atoms with E-state index in [1.54, 1.807) is 6.20 Å². The van der Waals surface area contributed by atoms with Crippen LogP contribution >= 0.6 is 0 Å². The summed E-state index contributed by atoms with van der Waals surface area (Å²) >= 11 is 0. The number of rotatable bonds is 2. The summed E-state index contributed by atoms with van der Waals surface area (Å²) in [6, 6.07) is 0. The standard InChI is InChI=1S/C11H21N/c1-6-10(7-8-12)9(2)11(3,4)5/h6-9H,12H2,1-5H3/b8-7-,10-6+. The van der Waals surface area contributed by atoms with Gasteiger partial charge in [-0.25, -0.2) is 0 Å². The minimum Gasteiger partial charge on any atom is -0.405 e. The van der Waals surface area contributed by atoms with Gasteiger partial charge in [0.25, 0.3) is 0 Å². The van der Waals surface area contributed by atoms with E-state index in [0.717, 1.165) is 0 Å². The largest absolute Gasteiger partial charge is 0.405 e. The van der Waals surface area contributed by atoms with Crippen molar-refractivity contribution >= 4 is 0 Å². The molecule has 0 spiro atoms. The lowest BCUT2D eigenvalue weighted by atomic mass is 9.77. The first kappa shape index (κ1) is 11.3. The average molecular weight is 167 g/mol. The van der Waals surface area contributed by atoms with E-state index in [2.05, 4.69) is 40.7 Å². The second-order valence-electron chi connectivity index (χ2n) is 4.24. The van der Waals surface area contributed by atoms with Crippen molar-refractivity contribution in [1.82, 2.24) is 0 Å². The van der Waals surface area contributed by atoms with Crippen LogP contribution in [0.5, 0.6) is 0 Å². The summed E-state index contributed by atoms with van der Waals surface area (Å²) < 4.78 is 0. The normalized spacial score (nSPS) is 16.9. The van der Waals surface area contributed by atoms with Crippen molar-refractivity contribution in [2.24, 2.45) is 17.1 Å². The summed E-state index contributed by atoms with van der Waals surface area (Å²) in [6.07, 6.45) is 5.72. The van der Waals surface area contributed by atoms with Crippen molar-refractivity contribution in [2.45, 2.75) is 34.6 Å². The van der Waals surface area contributed by atoms with Crippen LogP contribution in [-0.2, 0) is 0 Å². The van der Waals surface area contributed by atoms with Crippen LogP contribution in [-0.4, -0.2) is 0 Å². The first-order valence-electron chi connectivity index (χ1n) is 4.48. The van der Waals surface area contributed by atoms with Crippen molar-refractivity contribution in [1.29, 1.82) is 0 Å². The Labute approximate surface area is 76.3 Å². The third-order valence-corrected chi connectivity index (χ3v) is 2.42. The molecule has 70 valence electrons. The highest BCUT2D eigenvalue weighted by Crippen LogP contribution is 2.31. The smallest absolute Gasteiger partial charge is 0.00596 e. The fourth-order valence-corrected chi connectivity index (χ4v) is 1.10. The van der Waals surface area contributed by atoms with Gasteiger partial charge in [0, 0.05) is 0 Å². The molecule has 1 nitrogen and oxygen atoms in total. The number of hydrogen-bond donors (Lipinski definition) is 1. The summed E-state index contributed by atoms with van der Waals surface area (Å²) in [5.74, 6) is 0.544. The van der Waals surface area contributed by atoms with Gasteiger partial charge in [-0.15, -0.1) is 0 Å². The summed E-state index contributed by atoms with van der Waals surface area (Å²) in [7, 11) is 0. The van der Waals surface area contributed by atoms with Crippen LogP contribution in [0.3, 0.4) is 0 Å². The third kappa shape index (κ3) is 3.12. The molecule has 0 aromatic carbocycles. The van der Waals surface area contributed by atoms with Gasteiger partial charge in [0.15, 0.2) is 0 Å². The molecule has 1 unspecified atom stereocenters. The fourth-order valence-electron chi connectivity index (χ4n) is 1.10. The minimum absolute atomic E-state index is 0.307. The molecule has 0 fully saturated rings. The molecule has 0 amide bonds. The quantitative estimate of drug-likeness (QED) is 0.628. The molecule has 0 bridgehead atoms. The molecule has 0 aromatic rings. The molecule has 2 N–H and O–H groups in total. The molecule has 0 radical (unpaired) electrons. The lowest BCUT2D eigenvalue weighted by molar-refractivity contribution is 0.304. The number of hydrogen-bond acceptors (Lipinski definition) is 1. The number of allylic oxidation sites excluding steroid dienone is 3. The molecule has 12 heavy (non-hydrogen) atoms. The van der Waals surface area contributed by atoms with Crippen LogP contribution in [0.1, 0.15) is 34.6 Å². The maximum Gasteiger partial charge on any atom is -0.00596 e. The second kappa shape index (κ2) is 4.34. The maximum absolute atomic E-state index is 5.36. The predicted molar refractivity (Wildman–Crippen MR) is 55.7 cm³/mol. The lowest BCUT2D eigenvalue weighted by Gasteiger charge is -2.28. The van der Waals surface area contributed by atoms with Crippen molar-refractivity contribution in [2.75, 3.05) is 0 Å². The average Bonchev–Trinajstić information content (AvgIpc) is 1.97. The van der Waals surface area contributed by atoms with Gasteiger partial charge in [-0.05, 0) is 36.1 Å². The van der Waals surface area contributed by atoms with Gasteiger partial charge in [-0.2, -0.15) is 0 Å². The van der Waals surface area contributed by atoms with Gasteiger partial charge in [0.2, 0.25) is 0 Å². The highest BCUT2D eigenvalue weighted by molar-refractivity contribution is 5.21. The van der Waals surface area contributed by atoms with E-state index in [4.69, 9.17) is 5.73 Å². The molecule has 0 aliphatic rings. The molecule has 1 heteroatoms. The highest BCUT2D eigenvalue weighted by Gasteiger charge is 2.21. The summed E-state index contributed by atoms with van der Waals surface area (Å²) in [5.41, 5.74) is 6.98. The number of nitrogens with two attached hydrogens (primary N) is 1. The Morgan fingerprint density at radius 3 is 2.08 bits per heavy atom. The van der Waals surface area contributed by atoms with Gasteiger partial charge < -0.3 is 5.73 Å². The molecular formula is C11H21N. The zero-order valence-corrected chi connectivity index (χ0v) is 8.89. The van der Waals surface area contributed by atoms with Crippen molar-refractivity contribution < 1.29 is 0 Å². The van der Waals surface area contributed by atoms with Crippen LogP contribution in [0, 0.1) is 11.3 Å². The van der Waals surface area contributed by atoms with E-state index in [1.165, 1.54) is 5.57 Å². The molecular weight excluding hydrogens is 146 g/mol. The second-order valence-corrected chi connectivity index (χ2v) is 4.24. The van der Waals surface area contributed by atoms with Gasteiger partial charge in [0.05, 0.1) is 0 Å². The summed E-state index contributed by atoms with van der Waals surface area (Å²) in [4.78, 5) is 0. The van der Waals surface area contributed by atoms with Crippen molar-refractivity contribution in [3.8, 4) is 0 Å². The molecule has 1 atom stereocenters. The Morgan fingerprint density at radius 2 is 1.83 bits per heavy atom. The predicted octanol–water partition coefficient (Wildman–Crippen LogP) is 3.09. The van der Waals surface area contributed by atoms with E-state index in [9.17, 15) is 0 Å². The molecule has 0 aliphatic carbocycles. The molecule has 0 heterocycles. The van der Waals surface area contributed by atoms with Gasteiger partial charge >= 0.3 is 0 Å². The fraction of sp³-hybridized carbons (Fsp3) is 0.636. The summed E-state index contributed by atoms with van der Waals surface area (Å²) in [5, 5.41) is 0. The van der Waals surface area contributed by atoms with Crippen LogP contribution in [0.2, 0.25) is 0 Å². The van der Waals surface area contributed by atoms with E-state index in [1.807, 2.05) is 6.08 Å². The Balaban J connectivity index is 4.55. The van der Waals surface area contributed by atoms with E-state index in [-0.39, 0.29) is 0 Å². The molecule has 0 saturated heterocycles. The van der Waals surface area contributed by atoms with Gasteiger partial charge in [0.1, 0.15) is 0 Å². The van der Waals surface area contributed by atoms with Crippen LogP contribution in [0.15, 0.2) is 23.9 Å². The minimum atomic E-state index is 0.307. The Morgan fingerprint density at radius 1 is 1.33 bits per heavy atom. The monoisotopic (exact) mass is 167 g/mol. The summed E-state index contributed by atoms with van der Waals surface area (Å²) in [6.45, 7) is 11.0. The van der Waals surface area contributed by atoms with Crippen molar-refractivity contribution in [3.63, 3.8) is 0 Å². The van der Waals surface area contributed by atoms with Crippen LogP contribution < -0.4 is 5.73 Å². The Kier molecular flexibility index (Phi) is 4.08. The Hall–Kier alpha value is -0.720.